The van der Waals surface area contributed by atoms with Gasteiger partial charge in [-0.2, -0.15) is 17.7 Å². The SMILES string of the molecule is O=C(NCC1CCC2(CN(c3ccc4nncn4n3)C2)OC1)N1CCCC1.O=C(O)C(F)(F)F. The molecular weight excluding hydrogens is 459 g/mol. The molecule has 0 aromatic carbocycles. The molecule has 0 radical (unpaired) electrons. The molecule has 0 bridgehead atoms. The molecule has 1 unspecified atom stereocenters. The van der Waals surface area contributed by atoms with E-state index in [0.717, 1.165) is 63.3 Å². The van der Waals surface area contributed by atoms with Crippen LogP contribution in [-0.2, 0) is 9.53 Å². The van der Waals surface area contributed by atoms with Crippen LogP contribution in [0.4, 0.5) is 23.8 Å². The molecule has 5 heterocycles. The molecule has 14 heteroatoms. The van der Waals surface area contributed by atoms with Crippen LogP contribution < -0.4 is 10.2 Å². The third kappa shape index (κ3) is 5.48. The van der Waals surface area contributed by atoms with E-state index in [9.17, 15) is 18.0 Å². The molecule has 1 spiro atoms. The van der Waals surface area contributed by atoms with Gasteiger partial charge in [-0.1, -0.05) is 0 Å². The lowest BCUT2D eigenvalue weighted by Crippen LogP contribution is -2.65. The molecule has 186 valence electrons. The minimum atomic E-state index is -5.08. The lowest BCUT2D eigenvalue weighted by molar-refractivity contribution is -0.192. The first-order chi connectivity index (χ1) is 16.2. The number of nitrogens with zero attached hydrogens (tertiary/aromatic N) is 6. The number of carbonyl (C=O) groups excluding carboxylic acids is 1. The van der Waals surface area contributed by atoms with E-state index in [1.165, 1.54) is 0 Å². The van der Waals surface area contributed by atoms with Gasteiger partial charge in [-0.05, 0) is 43.7 Å². The fourth-order valence-electron chi connectivity index (χ4n) is 4.29. The van der Waals surface area contributed by atoms with Crippen molar-refractivity contribution < 1.29 is 32.6 Å². The van der Waals surface area contributed by atoms with Gasteiger partial charge in [0.15, 0.2) is 5.65 Å². The molecule has 2 aromatic rings. The van der Waals surface area contributed by atoms with E-state index in [0.29, 0.717) is 19.1 Å². The van der Waals surface area contributed by atoms with E-state index in [-0.39, 0.29) is 11.6 Å². The predicted molar refractivity (Wildman–Crippen MR) is 112 cm³/mol. The minimum absolute atomic E-state index is 0.0563. The first-order valence-electron chi connectivity index (χ1n) is 11.0. The summed E-state index contributed by atoms with van der Waals surface area (Å²) in [6, 6.07) is 4.00. The number of urea groups is 1. The third-order valence-electron chi connectivity index (χ3n) is 6.24. The van der Waals surface area contributed by atoms with Crippen molar-refractivity contribution in [2.45, 2.75) is 37.5 Å². The largest absolute Gasteiger partial charge is 0.490 e. The van der Waals surface area contributed by atoms with Crippen LogP contribution in [0.5, 0.6) is 0 Å². The monoisotopic (exact) mass is 485 g/mol. The molecule has 3 fully saturated rings. The van der Waals surface area contributed by atoms with E-state index in [2.05, 4.69) is 25.5 Å². The highest BCUT2D eigenvalue weighted by atomic mass is 19.4. The van der Waals surface area contributed by atoms with Gasteiger partial charge in [-0.3, -0.25) is 0 Å². The number of rotatable bonds is 3. The standard InChI is InChI=1S/C18H25N7O2.C2HF3O2/c26-17(23-7-1-2-8-23)19-9-14-5-6-18(27-10-14)11-24(12-18)16-4-3-15-21-20-13-25(15)22-16;3-2(4,5)1(6)7/h3-4,13-14H,1-2,5-12H2,(H,19,26);(H,6,7). The summed E-state index contributed by atoms with van der Waals surface area (Å²) < 4.78 is 39.7. The first kappa shape index (κ1) is 24.0. The van der Waals surface area contributed by atoms with Gasteiger partial charge in [0.05, 0.1) is 19.7 Å². The fraction of sp³-hybridized carbons (Fsp3) is 0.650. The number of alkyl halides is 3. The number of ether oxygens (including phenoxy) is 1. The van der Waals surface area contributed by atoms with Gasteiger partial charge in [0, 0.05) is 19.6 Å². The quantitative estimate of drug-likeness (QED) is 0.671. The van der Waals surface area contributed by atoms with Crippen LogP contribution in [0.25, 0.3) is 5.65 Å². The molecule has 2 aromatic heterocycles. The molecule has 1 atom stereocenters. The second kappa shape index (κ2) is 9.60. The van der Waals surface area contributed by atoms with Crippen LogP contribution in [0.15, 0.2) is 18.5 Å². The average Bonchev–Trinajstić information content (AvgIpc) is 3.47. The van der Waals surface area contributed by atoms with Crippen LogP contribution in [0.2, 0.25) is 0 Å². The van der Waals surface area contributed by atoms with E-state index in [1.54, 1.807) is 10.8 Å². The Hall–Kier alpha value is -3.16. The van der Waals surface area contributed by atoms with Gasteiger partial charge in [-0.25, -0.2) is 9.59 Å². The second-order valence-electron chi connectivity index (χ2n) is 8.76. The molecule has 3 aliphatic rings. The summed E-state index contributed by atoms with van der Waals surface area (Å²) in [5.74, 6) is -1.42. The van der Waals surface area contributed by atoms with Crippen LogP contribution in [0.3, 0.4) is 0 Å². The number of anilines is 1. The van der Waals surface area contributed by atoms with Crippen molar-refractivity contribution in [2.75, 3.05) is 44.2 Å². The Balaban J connectivity index is 0.000000344. The number of carboxylic acid groups (broad SMARTS) is 1. The third-order valence-corrected chi connectivity index (χ3v) is 6.24. The summed E-state index contributed by atoms with van der Waals surface area (Å²) in [5.41, 5.74) is 0.695. The van der Waals surface area contributed by atoms with E-state index >= 15 is 0 Å². The summed E-state index contributed by atoms with van der Waals surface area (Å²) in [6.45, 7) is 4.93. The lowest BCUT2D eigenvalue weighted by atomic mass is 9.83. The summed E-state index contributed by atoms with van der Waals surface area (Å²) in [5, 5.41) is 22.6. The number of fused-ring (bicyclic) bond motifs is 1. The molecule has 3 aliphatic heterocycles. The Kier molecular flexibility index (Phi) is 6.77. The number of aliphatic carboxylic acids is 1. The Labute approximate surface area is 192 Å². The van der Waals surface area contributed by atoms with Gasteiger partial charge in [-0.15, -0.1) is 15.3 Å². The van der Waals surface area contributed by atoms with Crippen molar-refractivity contribution in [3.63, 3.8) is 0 Å². The summed E-state index contributed by atoms with van der Waals surface area (Å²) >= 11 is 0. The molecule has 0 saturated carbocycles. The number of amides is 2. The highest BCUT2D eigenvalue weighted by Crippen LogP contribution is 2.37. The molecule has 3 saturated heterocycles. The fourth-order valence-corrected chi connectivity index (χ4v) is 4.29. The summed E-state index contributed by atoms with van der Waals surface area (Å²) in [6.07, 6.45) is 0.900. The zero-order chi connectivity index (χ0) is 24.3. The normalized spacial score (nSPS) is 21.7. The van der Waals surface area contributed by atoms with Crippen molar-refractivity contribution >= 4 is 23.5 Å². The Bertz CT molecular complexity index is 1010. The Morgan fingerprint density at radius 3 is 2.56 bits per heavy atom. The molecular formula is C20H26F3N7O4. The van der Waals surface area contributed by atoms with Gasteiger partial charge in [0.2, 0.25) is 0 Å². The first-order valence-corrected chi connectivity index (χ1v) is 11.0. The number of likely N-dealkylation sites (tertiary alicyclic amines) is 1. The van der Waals surface area contributed by atoms with Crippen molar-refractivity contribution in [3.8, 4) is 0 Å². The number of hydrogen-bond acceptors (Lipinski definition) is 7. The van der Waals surface area contributed by atoms with Crippen molar-refractivity contribution in [3.05, 3.63) is 18.5 Å². The van der Waals surface area contributed by atoms with Crippen LogP contribution >= 0.6 is 0 Å². The topological polar surface area (TPSA) is 125 Å². The molecule has 34 heavy (non-hydrogen) atoms. The smallest absolute Gasteiger partial charge is 0.475 e. The van der Waals surface area contributed by atoms with Crippen molar-refractivity contribution in [1.29, 1.82) is 0 Å². The predicted octanol–water partition coefficient (Wildman–Crippen LogP) is 1.55. The molecule has 0 aliphatic carbocycles. The van der Waals surface area contributed by atoms with Crippen LogP contribution in [-0.4, -0.2) is 92.9 Å². The molecule has 5 rings (SSSR count). The van der Waals surface area contributed by atoms with Gasteiger partial charge < -0.3 is 25.0 Å². The number of hydrogen-bond donors (Lipinski definition) is 2. The average molecular weight is 485 g/mol. The Morgan fingerprint density at radius 1 is 1.24 bits per heavy atom. The van der Waals surface area contributed by atoms with Crippen LogP contribution in [0, 0.1) is 5.92 Å². The van der Waals surface area contributed by atoms with E-state index in [4.69, 9.17) is 14.6 Å². The van der Waals surface area contributed by atoms with Gasteiger partial charge in [0.1, 0.15) is 17.7 Å². The number of nitrogens with one attached hydrogen (secondary N) is 1. The highest BCUT2D eigenvalue weighted by Gasteiger charge is 2.47. The van der Waals surface area contributed by atoms with E-state index < -0.39 is 12.1 Å². The van der Waals surface area contributed by atoms with Gasteiger partial charge >= 0.3 is 18.2 Å². The number of carboxylic acids is 1. The maximum absolute atomic E-state index is 12.1. The molecule has 2 amide bonds. The minimum Gasteiger partial charge on any atom is -0.475 e. The van der Waals surface area contributed by atoms with Crippen molar-refractivity contribution in [1.82, 2.24) is 30.0 Å². The second-order valence-corrected chi connectivity index (χ2v) is 8.76. The zero-order valence-corrected chi connectivity index (χ0v) is 18.4. The van der Waals surface area contributed by atoms with E-state index in [1.807, 2.05) is 17.0 Å². The lowest BCUT2D eigenvalue weighted by Gasteiger charge is -2.53. The highest BCUT2D eigenvalue weighted by molar-refractivity contribution is 5.74. The maximum Gasteiger partial charge on any atom is 0.490 e. The zero-order valence-electron chi connectivity index (χ0n) is 18.4. The molecule has 11 nitrogen and oxygen atoms in total. The summed E-state index contributed by atoms with van der Waals surface area (Å²) in [7, 11) is 0. The number of carbonyl (C=O) groups is 2. The maximum atomic E-state index is 12.1. The summed E-state index contributed by atoms with van der Waals surface area (Å²) in [4.78, 5) is 25.1. The number of aromatic nitrogens is 4. The molecule has 2 N–H and O–H groups in total. The number of halogens is 3. The van der Waals surface area contributed by atoms with Crippen molar-refractivity contribution in [2.24, 2.45) is 5.92 Å². The van der Waals surface area contributed by atoms with Gasteiger partial charge in [0.25, 0.3) is 0 Å². The Morgan fingerprint density at radius 2 is 1.94 bits per heavy atom. The van der Waals surface area contributed by atoms with Crippen LogP contribution in [0.1, 0.15) is 25.7 Å².